The van der Waals surface area contributed by atoms with Gasteiger partial charge in [-0.25, -0.2) is 4.39 Å². The molecule has 2 aromatic rings. The number of halogens is 1. The minimum absolute atomic E-state index is 0.160. The Kier molecular flexibility index (Phi) is 5.98. The van der Waals surface area contributed by atoms with Crippen molar-refractivity contribution in [2.75, 3.05) is 26.2 Å². The number of benzene rings is 2. The molecule has 1 heterocycles. The molecule has 0 bridgehead atoms. The fourth-order valence-electron chi connectivity index (χ4n) is 3.16. The zero-order valence-corrected chi connectivity index (χ0v) is 14.7. The molecule has 0 saturated carbocycles. The van der Waals surface area contributed by atoms with E-state index in [4.69, 9.17) is 5.26 Å². The van der Waals surface area contributed by atoms with Gasteiger partial charge in [0, 0.05) is 39.1 Å². The molecule has 1 aliphatic rings. The average Bonchev–Trinajstić information content (AvgIpc) is 2.68. The third-order valence-corrected chi connectivity index (χ3v) is 4.76. The number of hydrogen-bond acceptors (Lipinski definition) is 3. The van der Waals surface area contributed by atoms with Crippen LogP contribution in [0.3, 0.4) is 0 Å². The Bertz CT molecular complexity index is 772. The van der Waals surface area contributed by atoms with Gasteiger partial charge in [0.2, 0.25) is 5.91 Å². The second kappa shape index (κ2) is 8.59. The van der Waals surface area contributed by atoms with Gasteiger partial charge in [-0.05, 0) is 41.8 Å². The van der Waals surface area contributed by atoms with Crippen LogP contribution in [-0.2, 0) is 17.8 Å². The molecular weight excluding hydrogens is 329 g/mol. The summed E-state index contributed by atoms with van der Waals surface area (Å²) >= 11 is 0. The maximum absolute atomic E-state index is 12.9. The van der Waals surface area contributed by atoms with Gasteiger partial charge in [0.25, 0.3) is 0 Å². The van der Waals surface area contributed by atoms with Crippen molar-refractivity contribution in [3.8, 4) is 6.07 Å². The van der Waals surface area contributed by atoms with Gasteiger partial charge < -0.3 is 4.90 Å². The Morgan fingerprint density at radius 1 is 0.962 bits per heavy atom. The summed E-state index contributed by atoms with van der Waals surface area (Å²) in [6.07, 6.45) is 1.10. The van der Waals surface area contributed by atoms with E-state index in [9.17, 15) is 9.18 Å². The summed E-state index contributed by atoms with van der Waals surface area (Å²) in [7, 11) is 0. The number of piperazine rings is 1. The highest BCUT2D eigenvalue weighted by Crippen LogP contribution is 2.12. The highest BCUT2D eigenvalue weighted by atomic mass is 19.1. The fraction of sp³-hybridized carbons (Fsp3) is 0.333. The molecule has 0 aliphatic carbocycles. The van der Waals surface area contributed by atoms with E-state index in [-0.39, 0.29) is 11.7 Å². The maximum Gasteiger partial charge on any atom is 0.222 e. The molecule has 0 atom stereocenters. The van der Waals surface area contributed by atoms with Crippen LogP contribution >= 0.6 is 0 Å². The first kappa shape index (κ1) is 18.1. The molecule has 4 nitrogen and oxygen atoms in total. The number of rotatable bonds is 5. The van der Waals surface area contributed by atoms with Crippen LogP contribution < -0.4 is 0 Å². The predicted octanol–water partition coefficient (Wildman–Crippen LogP) is 2.97. The van der Waals surface area contributed by atoms with Crippen molar-refractivity contribution in [2.45, 2.75) is 19.4 Å². The molecule has 0 radical (unpaired) electrons. The fourth-order valence-corrected chi connectivity index (χ4v) is 3.16. The van der Waals surface area contributed by atoms with Crippen LogP contribution in [-0.4, -0.2) is 41.9 Å². The molecule has 3 rings (SSSR count). The molecular formula is C21H22FN3O. The Balaban J connectivity index is 1.43. The number of aryl methyl sites for hydroxylation is 1. The van der Waals surface area contributed by atoms with Gasteiger partial charge in [-0.1, -0.05) is 24.3 Å². The molecule has 1 saturated heterocycles. The van der Waals surface area contributed by atoms with Crippen LogP contribution in [0, 0.1) is 17.1 Å². The lowest BCUT2D eigenvalue weighted by Gasteiger charge is -2.34. The molecule has 1 fully saturated rings. The zero-order valence-electron chi connectivity index (χ0n) is 14.7. The standard InChI is InChI=1S/C21H22FN3O/c22-20-8-5-17(6-9-20)7-10-21(26)25-13-11-24(12-14-25)16-19-3-1-18(15-23)2-4-19/h1-6,8-9H,7,10-14,16H2. The molecule has 1 aliphatic heterocycles. The van der Waals surface area contributed by atoms with Crippen molar-refractivity contribution in [3.05, 3.63) is 71.0 Å². The smallest absolute Gasteiger partial charge is 0.222 e. The van der Waals surface area contributed by atoms with E-state index in [1.54, 1.807) is 12.1 Å². The summed E-state index contributed by atoms with van der Waals surface area (Å²) < 4.78 is 12.9. The van der Waals surface area contributed by atoms with E-state index in [1.165, 1.54) is 17.7 Å². The number of amides is 1. The first-order chi connectivity index (χ1) is 12.6. The minimum Gasteiger partial charge on any atom is -0.340 e. The van der Waals surface area contributed by atoms with E-state index < -0.39 is 0 Å². The summed E-state index contributed by atoms with van der Waals surface area (Å²) in [4.78, 5) is 16.6. The van der Waals surface area contributed by atoms with E-state index >= 15 is 0 Å². The lowest BCUT2D eigenvalue weighted by Crippen LogP contribution is -2.48. The quantitative estimate of drug-likeness (QED) is 0.832. The number of carbonyl (C=O) groups is 1. The van der Waals surface area contributed by atoms with E-state index in [0.717, 1.165) is 38.3 Å². The molecule has 2 aromatic carbocycles. The van der Waals surface area contributed by atoms with Crippen molar-refractivity contribution in [1.29, 1.82) is 5.26 Å². The molecule has 1 amide bonds. The summed E-state index contributed by atoms with van der Waals surface area (Å²) in [5, 5.41) is 8.85. The Morgan fingerprint density at radius 2 is 1.58 bits per heavy atom. The molecule has 5 heteroatoms. The van der Waals surface area contributed by atoms with Gasteiger partial charge in [-0.3, -0.25) is 9.69 Å². The summed E-state index contributed by atoms with van der Waals surface area (Å²) in [5.41, 5.74) is 2.84. The summed E-state index contributed by atoms with van der Waals surface area (Å²) in [5.74, 6) is -0.0918. The van der Waals surface area contributed by atoms with Gasteiger partial charge in [0.15, 0.2) is 0 Å². The Labute approximate surface area is 153 Å². The highest BCUT2D eigenvalue weighted by molar-refractivity contribution is 5.76. The third-order valence-electron chi connectivity index (χ3n) is 4.76. The second-order valence-electron chi connectivity index (χ2n) is 6.59. The van der Waals surface area contributed by atoms with E-state index in [0.29, 0.717) is 18.4 Å². The first-order valence-electron chi connectivity index (χ1n) is 8.87. The van der Waals surface area contributed by atoms with Crippen LogP contribution in [0.2, 0.25) is 0 Å². The zero-order chi connectivity index (χ0) is 18.4. The van der Waals surface area contributed by atoms with Gasteiger partial charge in [0.05, 0.1) is 11.6 Å². The van der Waals surface area contributed by atoms with Crippen molar-refractivity contribution in [2.24, 2.45) is 0 Å². The van der Waals surface area contributed by atoms with E-state index in [2.05, 4.69) is 11.0 Å². The third kappa shape index (κ3) is 4.90. The van der Waals surface area contributed by atoms with Crippen molar-refractivity contribution in [1.82, 2.24) is 9.80 Å². The summed E-state index contributed by atoms with van der Waals surface area (Å²) in [6, 6.07) is 16.1. The molecule has 0 unspecified atom stereocenters. The molecule has 0 spiro atoms. The lowest BCUT2D eigenvalue weighted by atomic mass is 10.1. The monoisotopic (exact) mass is 351 g/mol. The number of carbonyl (C=O) groups excluding carboxylic acids is 1. The number of hydrogen-bond donors (Lipinski definition) is 0. The summed E-state index contributed by atoms with van der Waals surface area (Å²) in [6.45, 7) is 4.00. The predicted molar refractivity (Wildman–Crippen MR) is 97.7 cm³/mol. The van der Waals surface area contributed by atoms with Gasteiger partial charge in [0.1, 0.15) is 5.82 Å². The first-order valence-corrected chi connectivity index (χ1v) is 8.87. The topological polar surface area (TPSA) is 47.3 Å². The van der Waals surface area contributed by atoms with Gasteiger partial charge >= 0.3 is 0 Å². The minimum atomic E-state index is -0.251. The van der Waals surface area contributed by atoms with Crippen LogP contribution in [0.25, 0.3) is 0 Å². The van der Waals surface area contributed by atoms with Gasteiger partial charge in [-0.15, -0.1) is 0 Å². The van der Waals surface area contributed by atoms with Gasteiger partial charge in [-0.2, -0.15) is 5.26 Å². The molecule has 0 aromatic heterocycles. The molecule has 26 heavy (non-hydrogen) atoms. The molecule has 134 valence electrons. The van der Waals surface area contributed by atoms with Crippen LogP contribution in [0.1, 0.15) is 23.1 Å². The Hall–Kier alpha value is -2.71. The largest absolute Gasteiger partial charge is 0.340 e. The van der Waals surface area contributed by atoms with E-state index in [1.807, 2.05) is 29.2 Å². The van der Waals surface area contributed by atoms with Crippen molar-refractivity contribution < 1.29 is 9.18 Å². The SMILES string of the molecule is N#Cc1ccc(CN2CCN(C(=O)CCc3ccc(F)cc3)CC2)cc1. The molecule has 0 N–H and O–H groups in total. The van der Waals surface area contributed by atoms with Crippen LogP contribution in [0.15, 0.2) is 48.5 Å². The van der Waals surface area contributed by atoms with Crippen LogP contribution in [0.5, 0.6) is 0 Å². The average molecular weight is 351 g/mol. The second-order valence-corrected chi connectivity index (χ2v) is 6.59. The maximum atomic E-state index is 12.9. The highest BCUT2D eigenvalue weighted by Gasteiger charge is 2.20. The van der Waals surface area contributed by atoms with Crippen molar-refractivity contribution in [3.63, 3.8) is 0 Å². The lowest BCUT2D eigenvalue weighted by molar-refractivity contribution is -0.133. The number of nitrogens with zero attached hydrogens (tertiary/aromatic N) is 3. The normalized spacial score (nSPS) is 14.8. The number of nitriles is 1. The Morgan fingerprint density at radius 3 is 2.19 bits per heavy atom. The van der Waals surface area contributed by atoms with Crippen molar-refractivity contribution >= 4 is 5.91 Å². The van der Waals surface area contributed by atoms with Crippen LogP contribution in [0.4, 0.5) is 4.39 Å².